The van der Waals surface area contributed by atoms with E-state index >= 15 is 0 Å². The number of carbonyl (C=O) groups excluding carboxylic acids is 4. The summed E-state index contributed by atoms with van der Waals surface area (Å²) in [6.45, 7) is 3.88. The quantitative estimate of drug-likeness (QED) is 0.229. The maximum atomic E-state index is 14.0. The monoisotopic (exact) mass is 598 g/mol. The summed E-state index contributed by atoms with van der Waals surface area (Å²) in [6, 6.07) is 5.80. The number of halogens is 1. The molecule has 0 amide bonds. The molecule has 0 spiro atoms. The summed E-state index contributed by atoms with van der Waals surface area (Å²) in [7, 11) is 5.93. The number of ether oxygens (including phenoxy) is 2. The molecule has 1 aromatic heterocycles. The highest BCUT2D eigenvalue weighted by Crippen LogP contribution is 2.39. The minimum absolute atomic E-state index is 0.102. The highest BCUT2D eigenvalue weighted by Gasteiger charge is 2.22. The van der Waals surface area contributed by atoms with Gasteiger partial charge in [-0.1, -0.05) is 50.3 Å². The zero-order chi connectivity index (χ0) is 32.3. The number of aliphatic hydroxyl groups excluding tert-OH is 2. The molecule has 0 aliphatic heterocycles. The molecule has 2 atom stereocenters. The van der Waals surface area contributed by atoms with Crippen molar-refractivity contribution in [3.63, 3.8) is 0 Å². The molecule has 0 aliphatic rings. The van der Waals surface area contributed by atoms with E-state index in [-0.39, 0.29) is 18.8 Å². The van der Waals surface area contributed by atoms with Crippen LogP contribution in [0.15, 0.2) is 36.4 Å². The lowest BCUT2D eigenvalue weighted by Gasteiger charge is -2.24. The van der Waals surface area contributed by atoms with Crippen LogP contribution in [0.5, 0.6) is 0 Å². The van der Waals surface area contributed by atoms with E-state index in [4.69, 9.17) is 4.98 Å². The van der Waals surface area contributed by atoms with Crippen molar-refractivity contribution in [2.24, 2.45) is 0 Å². The molecule has 2 rings (SSSR count). The van der Waals surface area contributed by atoms with E-state index < -0.39 is 54.4 Å². The summed E-state index contributed by atoms with van der Waals surface area (Å²) in [4.78, 5) is 53.9. The molecule has 2 unspecified atom stereocenters. The van der Waals surface area contributed by atoms with E-state index in [1.54, 1.807) is 43.3 Å². The van der Waals surface area contributed by atoms with E-state index in [2.05, 4.69) is 9.47 Å². The van der Waals surface area contributed by atoms with E-state index in [9.17, 15) is 33.8 Å². The molecule has 1 heterocycles. The predicted molar refractivity (Wildman–Crippen MR) is 161 cm³/mol. The Kier molecular flexibility index (Phi) is 13.4. The first kappa shape index (κ1) is 35.0. The number of hydrogen-bond donors (Lipinski definition) is 2. The normalized spacial score (nSPS) is 12.9. The first-order chi connectivity index (χ1) is 20.3. The highest BCUT2D eigenvalue weighted by atomic mass is 19.1. The van der Waals surface area contributed by atoms with Gasteiger partial charge in [-0.15, -0.1) is 0 Å². The van der Waals surface area contributed by atoms with Gasteiger partial charge in [-0.2, -0.15) is 0 Å². The second kappa shape index (κ2) is 16.4. The van der Waals surface area contributed by atoms with Gasteiger partial charge in [0.1, 0.15) is 36.0 Å². The number of methoxy groups -OCH3 is 2. The third-order valence-corrected chi connectivity index (χ3v) is 6.37. The highest BCUT2D eigenvalue weighted by molar-refractivity contribution is 5.96. The molecule has 1 aromatic carbocycles. The van der Waals surface area contributed by atoms with E-state index in [0.29, 0.717) is 33.8 Å². The number of aromatic nitrogens is 1. The average molecular weight is 599 g/mol. The summed E-state index contributed by atoms with van der Waals surface area (Å²) in [5, 5.41) is 21.2. The number of pyridine rings is 1. The van der Waals surface area contributed by atoms with Gasteiger partial charge in [0.25, 0.3) is 0 Å². The van der Waals surface area contributed by atoms with Crippen LogP contribution < -0.4 is 4.90 Å². The molecule has 0 radical (unpaired) electrons. The van der Waals surface area contributed by atoms with Crippen LogP contribution in [0, 0.1) is 5.82 Å². The third-order valence-electron chi connectivity index (χ3n) is 6.37. The van der Waals surface area contributed by atoms with Crippen molar-refractivity contribution in [2.75, 3.05) is 33.2 Å². The largest absolute Gasteiger partial charge is 0.469 e. The van der Waals surface area contributed by atoms with Crippen molar-refractivity contribution in [2.45, 2.75) is 57.7 Å². The molecule has 2 aromatic rings. The molecule has 232 valence electrons. The van der Waals surface area contributed by atoms with Crippen LogP contribution in [-0.2, 0) is 28.7 Å². The molecule has 0 saturated carbocycles. The van der Waals surface area contributed by atoms with Gasteiger partial charge in [-0.25, -0.2) is 9.37 Å². The molecular weight excluding hydrogens is 559 g/mol. The summed E-state index contributed by atoms with van der Waals surface area (Å²) < 4.78 is 23.0. The summed E-state index contributed by atoms with van der Waals surface area (Å²) in [5.41, 5.74) is 2.99. The van der Waals surface area contributed by atoms with Crippen LogP contribution in [0.25, 0.3) is 23.3 Å². The number of carbonyl (C=O) groups is 4. The van der Waals surface area contributed by atoms with Gasteiger partial charge in [0.15, 0.2) is 0 Å². The van der Waals surface area contributed by atoms with E-state index in [0.717, 1.165) is 0 Å². The summed E-state index contributed by atoms with van der Waals surface area (Å²) in [6.07, 6.45) is 2.09. The zero-order valence-corrected chi connectivity index (χ0v) is 25.3. The van der Waals surface area contributed by atoms with Gasteiger partial charge in [0, 0.05) is 43.6 Å². The van der Waals surface area contributed by atoms with Crippen molar-refractivity contribution < 1.29 is 43.3 Å². The number of ketones is 2. The maximum absolute atomic E-state index is 14.0. The molecular formula is C32H39FN2O8. The number of anilines is 1. The predicted octanol–water partition coefficient (Wildman–Crippen LogP) is 3.87. The minimum Gasteiger partial charge on any atom is -0.469 e. The smallest absolute Gasteiger partial charge is 0.313 e. The van der Waals surface area contributed by atoms with Crippen LogP contribution >= 0.6 is 0 Å². The fourth-order valence-electron chi connectivity index (χ4n) is 4.28. The standard InChI is InChI=1S/C32H39FN2O8/c1-19(2)31-26(13-11-22(36)15-24(38)17-28(40)42-5)30(20-7-9-21(33)10-8-20)27(32(34-31)35(3)4)14-12-23(37)16-25(39)18-29(41)43-6/h7-14,19,22-23,36-37H,15-18H2,1-6H3/b13-11+,14-12+. The Labute approximate surface area is 250 Å². The fraction of sp³-hybridized carbons (Fsp3) is 0.406. The first-order valence-corrected chi connectivity index (χ1v) is 13.7. The maximum Gasteiger partial charge on any atom is 0.313 e. The number of nitrogens with zero attached hydrogens (tertiary/aromatic N) is 2. The Morgan fingerprint density at radius 2 is 1.33 bits per heavy atom. The molecule has 10 nitrogen and oxygen atoms in total. The van der Waals surface area contributed by atoms with Crippen LogP contribution in [0.4, 0.5) is 10.2 Å². The minimum atomic E-state index is -1.22. The molecule has 0 aliphatic carbocycles. The Morgan fingerprint density at radius 1 is 0.860 bits per heavy atom. The second-order valence-electron chi connectivity index (χ2n) is 10.4. The second-order valence-corrected chi connectivity index (χ2v) is 10.4. The lowest BCUT2D eigenvalue weighted by Crippen LogP contribution is -2.17. The average Bonchev–Trinajstić information content (AvgIpc) is 2.94. The van der Waals surface area contributed by atoms with Crippen LogP contribution in [0.3, 0.4) is 0 Å². The summed E-state index contributed by atoms with van der Waals surface area (Å²) >= 11 is 0. The number of benzene rings is 1. The molecule has 0 saturated heterocycles. The fourth-order valence-corrected chi connectivity index (χ4v) is 4.28. The van der Waals surface area contributed by atoms with Gasteiger partial charge in [-0.3, -0.25) is 19.2 Å². The van der Waals surface area contributed by atoms with Gasteiger partial charge in [-0.05, 0) is 23.6 Å². The van der Waals surface area contributed by atoms with E-state index in [1.165, 1.54) is 38.5 Å². The molecule has 11 heteroatoms. The molecule has 0 bridgehead atoms. The van der Waals surface area contributed by atoms with E-state index in [1.807, 2.05) is 13.8 Å². The topological polar surface area (TPSA) is 143 Å². The lowest BCUT2D eigenvalue weighted by atomic mass is 9.89. The van der Waals surface area contributed by atoms with Crippen LogP contribution in [-0.4, -0.2) is 79.2 Å². The number of aliphatic hydroxyl groups is 2. The number of hydrogen-bond acceptors (Lipinski definition) is 10. The van der Waals surface area contributed by atoms with Gasteiger partial charge in [0.2, 0.25) is 0 Å². The van der Waals surface area contributed by atoms with Gasteiger partial charge < -0.3 is 24.6 Å². The van der Waals surface area contributed by atoms with Crippen LogP contribution in [0.2, 0.25) is 0 Å². The molecule has 2 N–H and O–H groups in total. The van der Waals surface area contributed by atoms with Gasteiger partial charge >= 0.3 is 11.9 Å². The molecule has 0 fully saturated rings. The van der Waals surface area contributed by atoms with Crippen molar-refractivity contribution in [3.8, 4) is 11.1 Å². The third kappa shape index (κ3) is 10.5. The Balaban J connectivity index is 2.69. The van der Waals surface area contributed by atoms with Crippen molar-refractivity contribution in [1.82, 2.24) is 4.98 Å². The van der Waals surface area contributed by atoms with Crippen molar-refractivity contribution in [1.29, 1.82) is 0 Å². The Morgan fingerprint density at radius 3 is 1.74 bits per heavy atom. The first-order valence-electron chi connectivity index (χ1n) is 13.7. The van der Waals surface area contributed by atoms with Crippen LogP contribution in [0.1, 0.15) is 62.3 Å². The molecule has 43 heavy (non-hydrogen) atoms. The van der Waals surface area contributed by atoms with Crippen molar-refractivity contribution >= 4 is 41.5 Å². The SMILES string of the molecule is COC(=O)CC(=O)CC(O)/C=C/c1c(C(C)C)nc(N(C)C)c(/C=C/C(O)CC(=O)CC(=O)OC)c1-c1ccc(F)cc1. The zero-order valence-electron chi connectivity index (χ0n) is 25.3. The number of rotatable bonds is 15. The summed E-state index contributed by atoms with van der Waals surface area (Å²) in [5.74, 6) is -2.41. The van der Waals surface area contributed by atoms with Gasteiger partial charge in [0.05, 0.1) is 32.1 Å². The number of Topliss-reactive ketones (excluding diaryl/α,β-unsaturated/α-hetero) is 2. The van der Waals surface area contributed by atoms with Crippen molar-refractivity contribution in [3.05, 3.63) is 59.1 Å². The lowest BCUT2D eigenvalue weighted by molar-refractivity contribution is -0.145. The Hall–Kier alpha value is -4.22. The number of esters is 2. The Bertz CT molecular complexity index is 1290.